The van der Waals surface area contributed by atoms with Crippen LogP contribution in [0.2, 0.25) is 10.0 Å². The van der Waals surface area contributed by atoms with Crippen LogP contribution in [-0.2, 0) is 21.4 Å². The molecule has 0 saturated carbocycles. The number of nitrogens with zero attached hydrogens (tertiary/aromatic N) is 1. The summed E-state index contributed by atoms with van der Waals surface area (Å²) >= 11 is 15.1. The van der Waals surface area contributed by atoms with Crippen LogP contribution < -0.4 is 5.32 Å². The second-order valence-electron chi connectivity index (χ2n) is 5.33. The summed E-state index contributed by atoms with van der Waals surface area (Å²) in [5, 5.41) is 3.37. The van der Waals surface area contributed by atoms with Crippen molar-refractivity contribution in [3.8, 4) is 0 Å². The first-order valence-corrected chi connectivity index (χ1v) is 10.5. The Morgan fingerprint density at radius 3 is 2.32 bits per heavy atom. The highest BCUT2D eigenvalue weighted by molar-refractivity contribution is 9.10. The molecule has 0 bridgehead atoms. The third-order valence-corrected chi connectivity index (χ3v) is 5.72. The van der Waals surface area contributed by atoms with Crippen LogP contribution >= 0.6 is 39.1 Å². The van der Waals surface area contributed by atoms with Crippen molar-refractivity contribution in [3.63, 3.8) is 0 Å². The number of amides is 1. The number of anilines is 1. The van der Waals surface area contributed by atoms with E-state index in [1.165, 1.54) is 0 Å². The Morgan fingerprint density at radius 2 is 1.76 bits per heavy atom. The average molecular weight is 466 g/mol. The van der Waals surface area contributed by atoms with E-state index in [0.29, 0.717) is 21.3 Å². The number of hydrogen-bond acceptors (Lipinski definition) is 3. The Kier molecular flexibility index (Phi) is 6.87. The number of rotatable bonds is 6. The van der Waals surface area contributed by atoms with Crippen LogP contribution in [0.3, 0.4) is 0 Å². The Labute approximate surface area is 165 Å². The van der Waals surface area contributed by atoms with E-state index in [0.717, 1.165) is 15.0 Å². The first-order chi connectivity index (χ1) is 11.6. The second kappa shape index (κ2) is 8.51. The molecule has 1 amide bonds. The molecule has 0 aliphatic carbocycles. The minimum atomic E-state index is -3.59. The lowest BCUT2D eigenvalue weighted by molar-refractivity contribution is -0.116. The third-order valence-electron chi connectivity index (χ3n) is 3.26. The van der Waals surface area contributed by atoms with Gasteiger partial charge >= 0.3 is 0 Å². The molecule has 2 aromatic carbocycles. The van der Waals surface area contributed by atoms with E-state index < -0.39 is 15.9 Å². The smallest absolute Gasteiger partial charge is 0.239 e. The number of sulfonamides is 1. The van der Waals surface area contributed by atoms with Gasteiger partial charge in [-0.2, -0.15) is 4.31 Å². The van der Waals surface area contributed by atoms with E-state index in [1.807, 2.05) is 0 Å². The largest absolute Gasteiger partial charge is 0.325 e. The molecule has 0 aromatic heterocycles. The van der Waals surface area contributed by atoms with Gasteiger partial charge in [-0.1, -0.05) is 45.2 Å². The van der Waals surface area contributed by atoms with Gasteiger partial charge in [0.1, 0.15) is 0 Å². The summed E-state index contributed by atoms with van der Waals surface area (Å²) in [5.41, 5.74) is 1.22. The van der Waals surface area contributed by atoms with E-state index >= 15 is 0 Å². The average Bonchev–Trinajstić information content (AvgIpc) is 2.51. The van der Waals surface area contributed by atoms with Gasteiger partial charge in [-0.15, -0.1) is 0 Å². The summed E-state index contributed by atoms with van der Waals surface area (Å²) in [4.78, 5) is 12.2. The number of carbonyl (C=O) groups excluding carboxylic acids is 1. The monoisotopic (exact) mass is 464 g/mol. The Bertz CT molecular complexity index is 873. The van der Waals surface area contributed by atoms with Gasteiger partial charge in [0.2, 0.25) is 15.9 Å². The fourth-order valence-electron chi connectivity index (χ4n) is 2.03. The zero-order valence-electron chi connectivity index (χ0n) is 13.2. The summed E-state index contributed by atoms with van der Waals surface area (Å²) in [6.07, 6.45) is 1.05. The summed E-state index contributed by atoms with van der Waals surface area (Å²) in [6.45, 7) is -0.293. The van der Waals surface area contributed by atoms with Gasteiger partial charge in [0.05, 0.1) is 22.8 Å². The van der Waals surface area contributed by atoms with Crippen molar-refractivity contribution in [1.82, 2.24) is 4.31 Å². The van der Waals surface area contributed by atoms with Gasteiger partial charge in [-0.05, 0) is 42.0 Å². The van der Waals surface area contributed by atoms with Crippen LogP contribution in [0.4, 0.5) is 5.69 Å². The van der Waals surface area contributed by atoms with Crippen molar-refractivity contribution >= 4 is 60.7 Å². The number of benzene rings is 2. The summed E-state index contributed by atoms with van der Waals surface area (Å²) in [6, 6.07) is 11.8. The van der Waals surface area contributed by atoms with E-state index in [9.17, 15) is 13.2 Å². The lowest BCUT2D eigenvalue weighted by Crippen LogP contribution is -2.36. The summed E-state index contributed by atoms with van der Waals surface area (Å²) < 4.78 is 25.9. The van der Waals surface area contributed by atoms with E-state index in [4.69, 9.17) is 23.2 Å². The molecule has 134 valence electrons. The zero-order chi connectivity index (χ0) is 18.6. The van der Waals surface area contributed by atoms with Crippen LogP contribution in [0.15, 0.2) is 46.9 Å². The molecular formula is C16H15BrCl2N2O3S. The van der Waals surface area contributed by atoms with Crippen molar-refractivity contribution < 1.29 is 13.2 Å². The maximum atomic E-state index is 12.2. The number of halogens is 3. The molecule has 0 spiro atoms. The van der Waals surface area contributed by atoms with Crippen molar-refractivity contribution in [2.45, 2.75) is 6.54 Å². The van der Waals surface area contributed by atoms with Crippen LogP contribution in [0, 0.1) is 0 Å². The Hall–Kier alpha value is -1.12. The summed E-state index contributed by atoms with van der Waals surface area (Å²) in [7, 11) is -3.59. The van der Waals surface area contributed by atoms with Crippen molar-refractivity contribution in [2.75, 3.05) is 18.1 Å². The first-order valence-electron chi connectivity index (χ1n) is 7.09. The highest BCUT2D eigenvalue weighted by Crippen LogP contribution is 2.23. The number of hydrogen-bond donors (Lipinski definition) is 1. The van der Waals surface area contributed by atoms with Gasteiger partial charge in [0.15, 0.2) is 0 Å². The molecule has 0 heterocycles. The molecule has 0 saturated heterocycles. The molecule has 25 heavy (non-hydrogen) atoms. The fourth-order valence-corrected chi connectivity index (χ4v) is 3.35. The predicted molar refractivity (Wildman–Crippen MR) is 104 cm³/mol. The van der Waals surface area contributed by atoms with Gasteiger partial charge < -0.3 is 5.32 Å². The molecule has 0 atom stereocenters. The fraction of sp³-hybridized carbons (Fsp3) is 0.188. The number of carbonyl (C=O) groups is 1. The Morgan fingerprint density at radius 1 is 1.12 bits per heavy atom. The molecule has 0 radical (unpaired) electrons. The molecule has 0 fully saturated rings. The maximum Gasteiger partial charge on any atom is 0.239 e. The third kappa shape index (κ3) is 6.27. The maximum absolute atomic E-state index is 12.2. The SMILES string of the molecule is CS(=O)(=O)N(CC(=O)Nc1ccc(Br)cc1)Cc1ccc(Cl)c(Cl)c1. The van der Waals surface area contributed by atoms with Gasteiger partial charge in [-0.3, -0.25) is 4.79 Å². The van der Waals surface area contributed by atoms with Crippen molar-refractivity contribution in [3.05, 3.63) is 62.5 Å². The van der Waals surface area contributed by atoms with Crippen LogP contribution in [-0.4, -0.2) is 31.4 Å². The molecular weight excluding hydrogens is 451 g/mol. The lowest BCUT2D eigenvalue weighted by Gasteiger charge is -2.20. The molecule has 2 rings (SSSR count). The minimum absolute atomic E-state index is 0.0173. The molecule has 0 unspecified atom stereocenters. The molecule has 9 heteroatoms. The zero-order valence-corrected chi connectivity index (χ0v) is 17.1. The quantitative estimate of drug-likeness (QED) is 0.696. The van der Waals surface area contributed by atoms with E-state index in [1.54, 1.807) is 42.5 Å². The standard InChI is InChI=1S/C16H15BrCl2N2O3S/c1-25(23,24)21(9-11-2-7-14(18)15(19)8-11)10-16(22)20-13-5-3-12(17)4-6-13/h2-8H,9-10H2,1H3,(H,20,22). The second-order valence-corrected chi connectivity index (χ2v) is 9.05. The predicted octanol–water partition coefficient (Wildman–Crippen LogP) is 4.16. The molecule has 1 N–H and O–H groups in total. The highest BCUT2D eigenvalue weighted by atomic mass is 79.9. The minimum Gasteiger partial charge on any atom is -0.325 e. The Balaban J connectivity index is 2.10. The summed E-state index contributed by atoms with van der Waals surface area (Å²) in [5.74, 6) is -0.437. The van der Waals surface area contributed by atoms with Gasteiger partial charge in [-0.25, -0.2) is 8.42 Å². The van der Waals surface area contributed by atoms with Gasteiger partial charge in [0, 0.05) is 16.7 Å². The molecule has 0 aliphatic heterocycles. The van der Waals surface area contributed by atoms with Gasteiger partial charge in [0.25, 0.3) is 0 Å². The van der Waals surface area contributed by atoms with Crippen LogP contribution in [0.1, 0.15) is 5.56 Å². The normalized spacial score (nSPS) is 11.6. The molecule has 5 nitrogen and oxygen atoms in total. The van der Waals surface area contributed by atoms with Crippen LogP contribution in [0.5, 0.6) is 0 Å². The van der Waals surface area contributed by atoms with Crippen LogP contribution in [0.25, 0.3) is 0 Å². The number of nitrogens with one attached hydrogen (secondary N) is 1. The van der Waals surface area contributed by atoms with E-state index in [-0.39, 0.29) is 13.1 Å². The topological polar surface area (TPSA) is 66.5 Å². The molecule has 0 aliphatic rings. The first kappa shape index (κ1) is 20.2. The molecule has 2 aromatic rings. The van der Waals surface area contributed by atoms with Crippen molar-refractivity contribution in [2.24, 2.45) is 0 Å². The van der Waals surface area contributed by atoms with Crippen molar-refractivity contribution in [1.29, 1.82) is 0 Å². The van der Waals surface area contributed by atoms with E-state index in [2.05, 4.69) is 21.2 Å². The lowest BCUT2D eigenvalue weighted by atomic mass is 10.2. The highest BCUT2D eigenvalue weighted by Gasteiger charge is 2.21.